The maximum atomic E-state index is 12.7. The predicted molar refractivity (Wildman–Crippen MR) is 113 cm³/mol. The molecule has 2 unspecified atom stereocenters. The van der Waals surface area contributed by atoms with E-state index in [4.69, 9.17) is 0 Å². The number of benzene rings is 2. The molecular formula is C22H21N3O3S. The zero-order chi connectivity index (χ0) is 20.7. The first kappa shape index (κ1) is 19.3. The fourth-order valence-electron chi connectivity index (χ4n) is 3.42. The number of fused-ring (bicyclic) bond motifs is 2. The van der Waals surface area contributed by atoms with E-state index < -0.39 is 23.8 Å². The Morgan fingerprint density at radius 1 is 1.10 bits per heavy atom. The van der Waals surface area contributed by atoms with Crippen molar-refractivity contribution >= 4 is 44.4 Å². The summed E-state index contributed by atoms with van der Waals surface area (Å²) in [6.07, 6.45) is 1.05. The molecule has 0 bridgehead atoms. The minimum Gasteiger partial charge on any atom is -0.300 e. The first-order chi connectivity index (χ1) is 13.9. The number of hydrogen-bond acceptors (Lipinski definition) is 5. The van der Waals surface area contributed by atoms with Gasteiger partial charge in [-0.2, -0.15) is 0 Å². The van der Waals surface area contributed by atoms with Crippen molar-refractivity contribution in [2.75, 3.05) is 5.32 Å². The highest BCUT2D eigenvalue weighted by atomic mass is 32.1. The first-order valence-corrected chi connectivity index (χ1v) is 10.4. The van der Waals surface area contributed by atoms with Gasteiger partial charge in [-0.1, -0.05) is 43.4 Å². The molecule has 1 N–H and O–H groups in total. The molecule has 3 amide bonds. The summed E-state index contributed by atoms with van der Waals surface area (Å²) in [7, 11) is 0. The van der Waals surface area contributed by atoms with Crippen LogP contribution in [-0.2, 0) is 4.79 Å². The Balaban J connectivity index is 1.54. The fourth-order valence-corrected chi connectivity index (χ4v) is 4.34. The Hall–Kier alpha value is -3.06. The number of thiazole rings is 1. The van der Waals surface area contributed by atoms with Gasteiger partial charge in [0.1, 0.15) is 6.04 Å². The van der Waals surface area contributed by atoms with Crippen molar-refractivity contribution in [3.63, 3.8) is 0 Å². The van der Waals surface area contributed by atoms with E-state index in [1.807, 2.05) is 6.07 Å². The molecule has 1 aliphatic heterocycles. The quantitative estimate of drug-likeness (QED) is 0.635. The monoisotopic (exact) mass is 407 g/mol. The summed E-state index contributed by atoms with van der Waals surface area (Å²) >= 11 is 1.39. The first-order valence-electron chi connectivity index (χ1n) is 9.59. The summed E-state index contributed by atoms with van der Waals surface area (Å²) in [6, 6.07) is 11.8. The summed E-state index contributed by atoms with van der Waals surface area (Å²) in [5, 5.41) is 3.21. The van der Waals surface area contributed by atoms with Crippen LogP contribution < -0.4 is 5.32 Å². The van der Waals surface area contributed by atoms with Crippen molar-refractivity contribution < 1.29 is 14.4 Å². The summed E-state index contributed by atoms with van der Waals surface area (Å²) in [5.74, 6) is -0.888. The number of carbonyl (C=O) groups is 3. The molecule has 0 saturated heterocycles. The Morgan fingerprint density at radius 2 is 1.76 bits per heavy atom. The lowest BCUT2D eigenvalue weighted by Crippen LogP contribution is -2.45. The van der Waals surface area contributed by atoms with E-state index in [9.17, 15) is 14.4 Å². The lowest BCUT2D eigenvalue weighted by molar-refractivity contribution is -0.119. The lowest BCUT2D eigenvalue weighted by Gasteiger charge is -2.21. The summed E-state index contributed by atoms with van der Waals surface area (Å²) in [4.78, 5) is 43.4. The number of hydrogen-bond donors (Lipinski definition) is 1. The third-order valence-corrected chi connectivity index (χ3v) is 6.35. The van der Waals surface area contributed by atoms with Gasteiger partial charge in [-0.3, -0.25) is 19.3 Å². The van der Waals surface area contributed by atoms with E-state index >= 15 is 0 Å². The van der Waals surface area contributed by atoms with E-state index in [2.05, 4.69) is 36.3 Å². The topological polar surface area (TPSA) is 79.4 Å². The van der Waals surface area contributed by atoms with Gasteiger partial charge in [-0.05, 0) is 49.1 Å². The number of amides is 3. The molecule has 0 spiro atoms. The van der Waals surface area contributed by atoms with E-state index in [1.165, 1.54) is 16.9 Å². The van der Waals surface area contributed by atoms with Crippen LogP contribution in [0.3, 0.4) is 0 Å². The number of aromatic nitrogens is 1. The molecule has 0 aliphatic carbocycles. The van der Waals surface area contributed by atoms with Gasteiger partial charge in [0, 0.05) is 0 Å². The molecule has 7 heteroatoms. The van der Waals surface area contributed by atoms with Crippen molar-refractivity contribution in [1.29, 1.82) is 0 Å². The Bertz CT molecular complexity index is 1100. The normalized spacial score (nSPS) is 15.5. The number of nitrogens with one attached hydrogen (secondary N) is 1. The Labute approximate surface area is 172 Å². The van der Waals surface area contributed by atoms with Crippen molar-refractivity contribution in [3.05, 3.63) is 59.2 Å². The van der Waals surface area contributed by atoms with Gasteiger partial charge < -0.3 is 5.32 Å². The minimum atomic E-state index is -0.940. The van der Waals surface area contributed by atoms with Gasteiger partial charge >= 0.3 is 0 Å². The zero-order valence-corrected chi connectivity index (χ0v) is 17.2. The Morgan fingerprint density at radius 3 is 2.38 bits per heavy atom. The molecule has 148 valence electrons. The SMILES string of the molecule is CCC(C)c1ccc2nc(NC(=O)C(C)N3C(=O)c4ccccc4C3=O)sc2c1. The second-order valence-corrected chi connectivity index (χ2v) is 8.28. The van der Waals surface area contributed by atoms with Crippen LogP contribution in [0.1, 0.15) is 59.4 Å². The maximum absolute atomic E-state index is 12.7. The fraction of sp³-hybridized carbons (Fsp3) is 0.273. The smallest absolute Gasteiger partial charge is 0.262 e. The lowest BCUT2D eigenvalue weighted by atomic mass is 9.99. The van der Waals surface area contributed by atoms with Gasteiger partial charge in [0.05, 0.1) is 21.3 Å². The molecule has 0 saturated carbocycles. The molecule has 1 aromatic heterocycles. The minimum absolute atomic E-state index is 0.328. The van der Waals surface area contributed by atoms with Crippen LogP contribution in [0.2, 0.25) is 0 Å². The molecule has 2 atom stereocenters. The van der Waals surface area contributed by atoms with Crippen molar-refractivity contribution in [3.8, 4) is 0 Å². The van der Waals surface area contributed by atoms with Crippen LogP contribution in [0.25, 0.3) is 10.2 Å². The number of nitrogens with zero attached hydrogens (tertiary/aromatic N) is 2. The number of anilines is 1. The van der Waals surface area contributed by atoms with Gasteiger partial charge in [0.25, 0.3) is 11.8 Å². The molecule has 0 radical (unpaired) electrons. The molecule has 3 aromatic rings. The average Bonchev–Trinajstić information content (AvgIpc) is 3.24. The largest absolute Gasteiger partial charge is 0.300 e. The summed E-state index contributed by atoms with van der Waals surface area (Å²) in [6.45, 7) is 5.87. The average molecular weight is 407 g/mol. The van der Waals surface area contributed by atoms with Crippen LogP contribution in [0.15, 0.2) is 42.5 Å². The molecule has 1 aliphatic rings. The van der Waals surface area contributed by atoms with Crippen LogP contribution >= 0.6 is 11.3 Å². The molecule has 2 aromatic carbocycles. The van der Waals surface area contributed by atoms with Crippen LogP contribution in [0.4, 0.5) is 5.13 Å². The molecule has 4 rings (SSSR count). The Kier molecular flexibility index (Phi) is 4.92. The van der Waals surface area contributed by atoms with Gasteiger partial charge in [-0.25, -0.2) is 4.98 Å². The van der Waals surface area contributed by atoms with Crippen molar-refractivity contribution in [2.24, 2.45) is 0 Å². The van der Waals surface area contributed by atoms with E-state index in [1.54, 1.807) is 31.2 Å². The second-order valence-electron chi connectivity index (χ2n) is 7.25. The number of rotatable bonds is 5. The van der Waals surface area contributed by atoms with Gasteiger partial charge in [-0.15, -0.1) is 0 Å². The highest BCUT2D eigenvalue weighted by Crippen LogP contribution is 2.30. The third-order valence-electron chi connectivity index (χ3n) is 5.42. The predicted octanol–water partition coefficient (Wildman–Crippen LogP) is 4.43. The standard InChI is InChI=1S/C22H21N3O3S/c1-4-12(2)14-9-10-17-18(11-14)29-22(23-17)24-19(26)13(3)25-20(27)15-7-5-6-8-16(15)21(25)28/h5-13H,4H2,1-3H3,(H,23,24,26). The molecule has 2 heterocycles. The molecule has 6 nitrogen and oxygen atoms in total. The number of carbonyl (C=O) groups excluding carboxylic acids is 3. The second kappa shape index (κ2) is 7.40. The van der Waals surface area contributed by atoms with E-state index in [0.29, 0.717) is 22.2 Å². The van der Waals surface area contributed by atoms with Crippen molar-refractivity contribution in [2.45, 2.75) is 39.2 Å². The van der Waals surface area contributed by atoms with Gasteiger partial charge in [0.2, 0.25) is 5.91 Å². The molecular weight excluding hydrogens is 386 g/mol. The maximum Gasteiger partial charge on any atom is 0.262 e. The molecule has 0 fully saturated rings. The van der Waals surface area contributed by atoms with Crippen LogP contribution in [0, 0.1) is 0 Å². The summed E-state index contributed by atoms with van der Waals surface area (Å²) < 4.78 is 0.992. The highest BCUT2D eigenvalue weighted by Gasteiger charge is 2.40. The summed E-state index contributed by atoms with van der Waals surface area (Å²) in [5.41, 5.74) is 2.70. The third kappa shape index (κ3) is 3.31. The van der Waals surface area contributed by atoms with E-state index in [0.717, 1.165) is 21.5 Å². The number of imide groups is 1. The highest BCUT2D eigenvalue weighted by molar-refractivity contribution is 7.22. The zero-order valence-electron chi connectivity index (χ0n) is 16.4. The molecule has 29 heavy (non-hydrogen) atoms. The van der Waals surface area contributed by atoms with Crippen molar-refractivity contribution in [1.82, 2.24) is 9.88 Å². The van der Waals surface area contributed by atoms with Crippen LogP contribution in [0.5, 0.6) is 0 Å². The van der Waals surface area contributed by atoms with E-state index in [-0.39, 0.29) is 0 Å². The van der Waals surface area contributed by atoms with Gasteiger partial charge in [0.15, 0.2) is 5.13 Å². The van der Waals surface area contributed by atoms with Crippen LogP contribution in [-0.4, -0.2) is 33.6 Å².